The first-order valence-corrected chi connectivity index (χ1v) is 9.67. The second-order valence-electron chi connectivity index (χ2n) is 6.40. The number of nitrogens with zero attached hydrogens (tertiary/aromatic N) is 3. The number of hydrogen-bond donors (Lipinski definition) is 2. The van der Waals surface area contributed by atoms with Gasteiger partial charge in [0.05, 0.1) is 16.1 Å². The fraction of sp³-hybridized carbons (Fsp3) is 0.222. The van der Waals surface area contributed by atoms with Crippen LogP contribution >= 0.6 is 0 Å². The maximum Gasteiger partial charge on any atom is 0.269 e. The number of anilines is 1. The molecule has 3 N–H and O–H groups in total. The molecular formula is C18H17N5O2S. The highest BCUT2D eigenvalue weighted by atomic mass is 32.2. The molecule has 0 bridgehead atoms. The first kappa shape index (κ1) is 16.6. The van der Waals surface area contributed by atoms with Gasteiger partial charge in [-0.2, -0.15) is 5.26 Å². The summed E-state index contributed by atoms with van der Waals surface area (Å²) in [6, 6.07) is 12.3. The third-order valence-electron chi connectivity index (χ3n) is 4.62. The van der Waals surface area contributed by atoms with Crippen LogP contribution in [0.5, 0.6) is 0 Å². The summed E-state index contributed by atoms with van der Waals surface area (Å²) in [4.78, 5) is 4.41. The molecule has 7 nitrogen and oxygen atoms in total. The Labute approximate surface area is 151 Å². The van der Waals surface area contributed by atoms with E-state index in [1.54, 1.807) is 36.4 Å². The first-order valence-electron chi connectivity index (χ1n) is 8.23. The summed E-state index contributed by atoms with van der Waals surface area (Å²) in [5, 5.41) is 13.3. The van der Waals surface area contributed by atoms with Gasteiger partial charge in [0.25, 0.3) is 10.0 Å². The highest BCUT2D eigenvalue weighted by Gasteiger charge is 2.28. The van der Waals surface area contributed by atoms with E-state index < -0.39 is 10.0 Å². The van der Waals surface area contributed by atoms with E-state index in [0.29, 0.717) is 22.3 Å². The molecule has 1 saturated carbocycles. The molecule has 1 aromatic carbocycles. The molecule has 1 fully saturated rings. The molecule has 8 heteroatoms. The van der Waals surface area contributed by atoms with Gasteiger partial charge in [-0.25, -0.2) is 17.4 Å². The SMILES string of the molecule is N#Cc1cnc2c(ccn2S(=O)(=O)c2ccccc2)c1N[C@H]1C[C@@H](N)C1. The molecule has 0 amide bonds. The number of nitrogens with two attached hydrogens (primary N) is 1. The molecule has 1 aliphatic carbocycles. The first-order chi connectivity index (χ1) is 12.5. The molecule has 132 valence electrons. The molecule has 2 heterocycles. The van der Waals surface area contributed by atoms with Gasteiger partial charge in [0.15, 0.2) is 5.65 Å². The Kier molecular flexibility index (Phi) is 3.90. The van der Waals surface area contributed by atoms with Gasteiger partial charge in [-0.15, -0.1) is 0 Å². The second-order valence-corrected chi connectivity index (χ2v) is 8.21. The lowest BCUT2D eigenvalue weighted by molar-refractivity contribution is 0.374. The molecule has 2 aromatic heterocycles. The van der Waals surface area contributed by atoms with Crippen molar-refractivity contribution in [2.45, 2.75) is 29.8 Å². The fourth-order valence-corrected chi connectivity index (χ4v) is 4.51. The van der Waals surface area contributed by atoms with Gasteiger partial charge in [-0.3, -0.25) is 0 Å². The molecule has 0 radical (unpaired) electrons. The van der Waals surface area contributed by atoms with Crippen LogP contribution in [0.3, 0.4) is 0 Å². The van der Waals surface area contributed by atoms with E-state index in [1.807, 2.05) is 0 Å². The van der Waals surface area contributed by atoms with Crippen LogP contribution in [0.2, 0.25) is 0 Å². The quantitative estimate of drug-likeness (QED) is 0.729. The minimum absolute atomic E-state index is 0.165. The molecular weight excluding hydrogens is 350 g/mol. The minimum Gasteiger partial charge on any atom is -0.380 e. The third kappa shape index (κ3) is 2.62. The topological polar surface area (TPSA) is 114 Å². The number of hydrogen-bond acceptors (Lipinski definition) is 6. The zero-order valence-electron chi connectivity index (χ0n) is 13.8. The molecule has 0 atom stereocenters. The van der Waals surface area contributed by atoms with Crippen LogP contribution < -0.4 is 11.1 Å². The van der Waals surface area contributed by atoms with Crippen LogP contribution in [-0.4, -0.2) is 29.5 Å². The van der Waals surface area contributed by atoms with Gasteiger partial charge in [-0.05, 0) is 31.0 Å². The Morgan fingerprint density at radius 3 is 2.62 bits per heavy atom. The number of nitriles is 1. The summed E-state index contributed by atoms with van der Waals surface area (Å²) in [6.07, 6.45) is 4.51. The van der Waals surface area contributed by atoms with Crippen molar-refractivity contribution in [1.29, 1.82) is 5.26 Å². The van der Waals surface area contributed by atoms with Crippen molar-refractivity contribution in [3.05, 3.63) is 54.4 Å². The van der Waals surface area contributed by atoms with Crippen LogP contribution in [0.15, 0.2) is 53.7 Å². The highest BCUT2D eigenvalue weighted by molar-refractivity contribution is 7.90. The maximum atomic E-state index is 12.9. The van der Waals surface area contributed by atoms with Crippen molar-refractivity contribution in [3.63, 3.8) is 0 Å². The summed E-state index contributed by atoms with van der Waals surface area (Å²) in [7, 11) is -3.76. The number of pyridine rings is 1. The Balaban J connectivity index is 1.83. The Hall–Kier alpha value is -2.89. The van der Waals surface area contributed by atoms with Gasteiger partial charge < -0.3 is 11.1 Å². The molecule has 4 rings (SSSR count). The Bertz CT molecular complexity index is 1110. The van der Waals surface area contributed by atoms with E-state index in [0.717, 1.165) is 16.8 Å². The lowest BCUT2D eigenvalue weighted by atomic mass is 9.87. The summed E-state index contributed by atoms with van der Waals surface area (Å²) >= 11 is 0. The number of aromatic nitrogens is 2. The predicted molar refractivity (Wildman–Crippen MR) is 98.1 cm³/mol. The van der Waals surface area contributed by atoms with Crippen molar-refractivity contribution in [2.24, 2.45) is 5.73 Å². The second kappa shape index (κ2) is 6.12. The van der Waals surface area contributed by atoms with Crippen LogP contribution in [0.4, 0.5) is 5.69 Å². The smallest absolute Gasteiger partial charge is 0.269 e. The van der Waals surface area contributed by atoms with Crippen molar-refractivity contribution in [1.82, 2.24) is 8.96 Å². The molecule has 0 unspecified atom stereocenters. The average Bonchev–Trinajstić information content (AvgIpc) is 3.06. The van der Waals surface area contributed by atoms with Crippen molar-refractivity contribution in [2.75, 3.05) is 5.32 Å². The van der Waals surface area contributed by atoms with E-state index in [4.69, 9.17) is 5.73 Å². The third-order valence-corrected chi connectivity index (χ3v) is 6.30. The summed E-state index contributed by atoms with van der Waals surface area (Å²) in [5.74, 6) is 0. The van der Waals surface area contributed by atoms with Crippen LogP contribution in [0.25, 0.3) is 11.0 Å². The monoisotopic (exact) mass is 367 g/mol. The summed E-state index contributed by atoms with van der Waals surface area (Å²) in [5.41, 5.74) is 7.11. The maximum absolute atomic E-state index is 12.9. The molecule has 3 aromatic rings. The highest BCUT2D eigenvalue weighted by Crippen LogP contribution is 2.32. The van der Waals surface area contributed by atoms with Gasteiger partial charge in [0, 0.05) is 29.9 Å². The normalized spacial score (nSPS) is 19.7. The lowest BCUT2D eigenvalue weighted by Gasteiger charge is -2.34. The summed E-state index contributed by atoms with van der Waals surface area (Å²) in [6.45, 7) is 0. The Morgan fingerprint density at radius 2 is 1.96 bits per heavy atom. The summed E-state index contributed by atoms with van der Waals surface area (Å²) < 4.78 is 27.0. The van der Waals surface area contributed by atoms with Crippen molar-refractivity contribution >= 4 is 26.7 Å². The van der Waals surface area contributed by atoms with E-state index in [9.17, 15) is 13.7 Å². The molecule has 26 heavy (non-hydrogen) atoms. The Morgan fingerprint density at radius 1 is 1.23 bits per heavy atom. The van der Waals surface area contributed by atoms with Gasteiger partial charge >= 0.3 is 0 Å². The van der Waals surface area contributed by atoms with E-state index in [2.05, 4.69) is 16.4 Å². The minimum atomic E-state index is -3.76. The zero-order valence-corrected chi connectivity index (χ0v) is 14.6. The van der Waals surface area contributed by atoms with E-state index in [1.165, 1.54) is 12.4 Å². The lowest BCUT2D eigenvalue weighted by Crippen LogP contribution is -2.44. The standard InChI is InChI=1S/C18H17N5O2S/c19-10-12-11-21-18-16(17(12)22-14-8-13(20)9-14)6-7-23(18)26(24,25)15-4-2-1-3-5-15/h1-7,11,13-14H,8-9,20H2,(H,21,22)/t13-,14+. The van der Waals surface area contributed by atoms with Gasteiger partial charge in [-0.1, -0.05) is 18.2 Å². The van der Waals surface area contributed by atoms with Gasteiger partial charge in [0.1, 0.15) is 6.07 Å². The zero-order chi connectivity index (χ0) is 18.3. The van der Waals surface area contributed by atoms with Crippen LogP contribution in [0, 0.1) is 11.3 Å². The van der Waals surface area contributed by atoms with E-state index >= 15 is 0 Å². The van der Waals surface area contributed by atoms with Crippen molar-refractivity contribution in [3.8, 4) is 6.07 Å². The molecule has 0 saturated heterocycles. The molecule has 1 aliphatic rings. The van der Waals surface area contributed by atoms with E-state index in [-0.39, 0.29) is 17.0 Å². The number of nitrogens with one attached hydrogen (secondary N) is 1. The fourth-order valence-electron chi connectivity index (χ4n) is 3.19. The number of benzene rings is 1. The molecule has 0 spiro atoms. The van der Waals surface area contributed by atoms with Crippen molar-refractivity contribution < 1.29 is 8.42 Å². The largest absolute Gasteiger partial charge is 0.380 e. The van der Waals surface area contributed by atoms with Crippen LogP contribution in [0.1, 0.15) is 18.4 Å². The average molecular weight is 367 g/mol. The number of fused-ring (bicyclic) bond motifs is 1. The van der Waals surface area contributed by atoms with Crippen LogP contribution in [-0.2, 0) is 10.0 Å². The predicted octanol–water partition coefficient (Wildman–Crippen LogP) is 2.05. The van der Waals surface area contributed by atoms with Gasteiger partial charge in [0.2, 0.25) is 0 Å². The molecule has 0 aliphatic heterocycles. The number of rotatable bonds is 4.